The summed E-state index contributed by atoms with van der Waals surface area (Å²) in [7, 11) is 0. The van der Waals surface area contributed by atoms with E-state index in [9.17, 15) is 14.7 Å². The molecule has 2 atom stereocenters. The van der Waals surface area contributed by atoms with Crippen LogP contribution in [0.2, 0.25) is 0 Å². The van der Waals surface area contributed by atoms with Gasteiger partial charge in [-0.25, -0.2) is 4.79 Å². The summed E-state index contributed by atoms with van der Waals surface area (Å²) < 4.78 is 5.26. The van der Waals surface area contributed by atoms with Gasteiger partial charge in [0, 0.05) is 5.69 Å². The maximum absolute atomic E-state index is 11.9. The quantitative estimate of drug-likeness (QED) is 0.694. The maximum Gasteiger partial charge on any atom is 0.328 e. The highest BCUT2D eigenvalue weighted by molar-refractivity contribution is 5.80. The van der Waals surface area contributed by atoms with Crippen molar-refractivity contribution in [3.63, 3.8) is 0 Å². The summed E-state index contributed by atoms with van der Waals surface area (Å²) in [5, 5.41) is 21.4. The van der Waals surface area contributed by atoms with Gasteiger partial charge in [-0.05, 0) is 39.3 Å². The van der Waals surface area contributed by atoms with Crippen LogP contribution in [0.3, 0.4) is 0 Å². The van der Waals surface area contributed by atoms with Crippen LogP contribution < -0.4 is 5.32 Å². The molecule has 1 rings (SSSR count). The first-order chi connectivity index (χ1) is 10.1. The van der Waals surface area contributed by atoms with Crippen molar-refractivity contribution in [3.8, 4) is 0 Å². The van der Waals surface area contributed by atoms with E-state index in [1.165, 1.54) is 6.92 Å². The number of ether oxygens (including phenoxy) is 1. The molecule has 0 unspecified atom stereocenters. The number of nitrogens with one attached hydrogen (secondary N) is 1. The van der Waals surface area contributed by atoms with Gasteiger partial charge in [0.15, 0.2) is 6.04 Å². The smallest absolute Gasteiger partial charge is 0.328 e. The van der Waals surface area contributed by atoms with Gasteiger partial charge in [0.1, 0.15) is 5.60 Å². The number of carbonyl (C=O) groups is 2. The molecule has 0 aromatic heterocycles. The topological polar surface area (TPSA) is 95.9 Å². The summed E-state index contributed by atoms with van der Waals surface area (Å²) in [6.45, 7) is 6.73. The summed E-state index contributed by atoms with van der Waals surface area (Å²) in [6, 6.07) is 5.70. The third-order valence-corrected chi connectivity index (χ3v) is 2.83. The molecule has 0 heterocycles. The van der Waals surface area contributed by atoms with E-state index in [1.54, 1.807) is 45.0 Å². The van der Waals surface area contributed by atoms with E-state index in [0.29, 0.717) is 11.3 Å². The molecule has 0 aliphatic carbocycles. The molecule has 22 heavy (non-hydrogen) atoms. The van der Waals surface area contributed by atoms with Gasteiger partial charge >= 0.3 is 11.9 Å². The number of para-hydroxylation sites is 1. The molecule has 6 heteroatoms. The molecule has 0 aliphatic rings. The predicted molar refractivity (Wildman–Crippen MR) is 82.7 cm³/mol. The van der Waals surface area contributed by atoms with Gasteiger partial charge < -0.3 is 20.3 Å². The Bertz CT molecular complexity index is 534. The molecule has 3 N–H and O–H groups in total. The highest BCUT2D eigenvalue weighted by atomic mass is 16.6. The molecule has 0 saturated carbocycles. The van der Waals surface area contributed by atoms with E-state index in [1.807, 2.05) is 0 Å². The summed E-state index contributed by atoms with van der Waals surface area (Å²) in [5.74, 6) is -1.56. The number of anilines is 1. The highest BCUT2D eigenvalue weighted by Gasteiger charge is 2.24. The van der Waals surface area contributed by atoms with Crippen molar-refractivity contribution in [1.29, 1.82) is 0 Å². The first-order valence-electron chi connectivity index (χ1n) is 7.07. The average molecular weight is 309 g/mol. The SMILES string of the molecule is C[C@H](O)[C@H](Nc1ccccc1CC(=O)OC(C)(C)C)C(=O)O. The van der Waals surface area contributed by atoms with Gasteiger partial charge in [-0.3, -0.25) is 4.79 Å². The van der Waals surface area contributed by atoms with Crippen molar-refractivity contribution in [2.24, 2.45) is 0 Å². The minimum absolute atomic E-state index is 0.0204. The second kappa shape index (κ2) is 7.26. The number of hydrogen-bond acceptors (Lipinski definition) is 5. The molecule has 0 aliphatic heterocycles. The molecular formula is C16H23NO5. The van der Waals surface area contributed by atoms with Crippen molar-refractivity contribution in [1.82, 2.24) is 0 Å². The summed E-state index contributed by atoms with van der Waals surface area (Å²) in [4.78, 5) is 23.1. The van der Waals surface area contributed by atoms with Crippen LogP contribution in [0.25, 0.3) is 0 Å². The fourth-order valence-corrected chi connectivity index (χ4v) is 1.90. The molecule has 0 fully saturated rings. The molecule has 122 valence electrons. The normalized spacial score (nSPS) is 14.0. The monoisotopic (exact) mass is 309 g/mol. The largest absolute Gasteiger partial charge is 0.480 e. The van der Waals surface area contributed by atoms with E-state index >= 15 is 0 Å². The highest BCUT2D eigenvalue weighted by Crippen LogP contribution is 2.19. The van der Waals surface area contributed by atoms with E-state index in [-0.39, 0.29) is 6.42 Å². The Morgan fingerprint density at radius 2 is 1.86 bits per heavy atom. The van der Waals surface area contributed by atoms with Crippen molar-refractivity contribution >= 4 is 17.6 Å². The lowest BCUT2D eigenvalue weighted by atomic mass is 10.1. The second-order valence-corrected chi connectivity index (χ2v) is 6.12. The van der Waals surface area contributed by atoms with Crippen LogP contribution in [0.15, 0.2) is 24.3 Å². The number of aliphatic carboxylic acids is 1. The predicted octanol–water partition coefficient (Wildman–Crippen LogP) is 1.82. The van der Waals surface area contributed by atoms with Crippen LogP contribution in [-0.2, 0) is 20.7 Å². The van der Waals surface area contributed by atoms with E-state index in [4.69, 9.17) is 9.84 Å². The standard InChI is InChI=1S/C16H23NO5/c1-10(18)14(15(20)21)17-12-8-6-5-7-11(12)9-13(19)22-16(2,3)4/h5-8,10,14,17-18H,9H2,1-4H3,(H,20,21)/t10-,14-/m0/s1. The molecular weight excluding hydrogens is 286 g/mol. The third-order valence-electron chi connectivity index (χ3n) is 2.83. The maximum atomic E-state index is 11.9. The van der Waals surface area contributed by atoms with Crippen LogP contribution >= 0.6 is 0 Å². The lowest BCUT2D eigenvalue weighted by Gasteiger charge is -2.22. The minimum Gasteiger partial charge on any atom is -0.480 e. The second-order valence-electron chi connectivity index (χ2n) is 6.12. The van der Waals surface area contributed by atoms with E-state index in [0.717, 1.165) is 0 Å². The van der Waals surface area contributed by atoms with Crippen LogP contribution in [-0.4, -0.2) is 39.9 Å². The Kier molecular flexibility index (Phi) is 5.93. The zero-order valence-corrected chi connectivity index (χ0v) is 13.3. The zero-order valence-electron chi connectivity index (χ0n) is 13.3. The van der Waals surface area contributed by atoms with Gasteiger partial charge in [-0.1, -0.05) is 18.2 Å². The number of hydrogen-bond donors (Lipinski definition) is 3. The van der Waals surface area contributed by atoms with Crippen molar-refractivity contribution in [2.75, 3.05) is 5.32 Å². The van der Waals surface area contributed by atoms with Crippen LogP contribution in [0.5, 0.6) is 0 Å². The van der Waals surface area contributed by atoms with Crippen LogP contribution in [0.1, 0.15) is 33.3 Å². The zero-order chi connectivity index (χ0) is 16.9. The number of esters is 1. The number of benzene rings is 1. The first kappa shape index (κ1) is 18.0. The van der Waals surface area contributed by atoms with Crippen molar-refractivity contribution < 1.29 is 24.5 Å². The van der Waals surface area contributed by atoms with E-state index < -0.39 is 29.7 Å². The Morgan fingerprint density at radius 3 is 2.36 bits per heavy atom. The molecule has 0 saturated heterocycles. The number of rotatable bonds is 6. The summed E-state index contributed by atoms with van der Waals surface area (Å²) in [6.07, 6.45) is -1.06. The number of aliphatic hydroxyl groups excluding tert-OH is 1. The van der Waals surface area contributed by atoms with Crippen molar-refractivity contribution in [3.05, 3.63) is 29.8 Å². The fraction of sp³-hybridized carbons (Fsp3) is 0.500. The Hall–Kier alpha value is -2.08. The van der Waals surface area contributed by atoms with Gasteiger partial charge in [0.05, 0.1) is 12.5 Å². The number of carbonyl (C=O) groups excluding carboxylic acids is 1. The number of carboxylic acids is 1. The number of carboxylic acid groups (broad SMARTS) is 1. The van der Waals surface area contributed by atoms with Crippen molar-refractivity contribution in [2.45, 2.75) is 51.9 Å². The molecule has 0 bridgehead atoms. The third kappa shape index (κ3) is 5.73. The van der Waals surface area contributed by atoms with Crippen LogP contribution in [0, 0.1) is 0 Å². The molecule has 0 amide bonds. The lowest BCUT2D eigenvalue weighted by Crippen LogP contribution is -2.39. The summed E-state index contributed by atoms with van der Waals surface area (Å²) >= 11 is 0. The Balaban J connectivity index is 2.90. The fourth-order valence-electron chi connectivity index (χ4n) is 1.90. The number of aliphatic hydroxyl groups is 1. The lowest BCUT2D eigenvalue weighted by molar-refractivity contribution is -0.153. The van der Waals surface area contributed by atoms with Gasteiger partial charge in [-0.2, -0.15) is 0 Å². The van der Waals surface area contributed by atoms with Crippen LogP contribution in [0.4, 0.5) is 5.69 Å². The van der Waals surface area contributed by atoms with Gasteiger partial charge in [-0.15, -0.1) is 0 Å². The molecule has 1 aromatic carbocycles. The van der Waals surface area contributed by atoms with Gasteiger partial charge in [0.2, 0.25) is 0 Å². The minimum atomic E-state index is -1.16. The molecule has 1 aromatic rings. The molecule has 0 radical (unpaired) electrons. The Labute approximate surface area is 130 Å². The van der Waals surface area contributed by atoms with E-state index in [2.05, 4.69) is 5.32 Å². The average Bonchev–Trinajstić information content (AvgIpc) is 2.34. The Morgan fingerprint density at radius 1 is 1.27 bits per heavy atom. The molecule has 6 nitrogen and oxygen atoms in total. The van der Waals surface area contributed by atoms with Gasteiger partial charge in [0.25, 0.3) is 0 Å². The molecule has 0 spiro atoms. The summed E-state index contributed by atoms with van der Waals surface area (Å²) in [5.41, 5.74) is 0.521. The first-order valence-corrected chi connectivity index (χ1v) is 7.07.